The van der Waals surface area contributed by atoms with E-state index in [1.807, 2.05) is 11.7 Å². The summed E-state index contributed by atoms with van der Waals surface area (Å²) < 4.78 is 1.97. The highest BCUT2D eigenvalue weighted by Gasteiger charge is 2.28. The van der Waals surface area contributed by atoms with E-state index in [4.69, 9.17) is 0 Å². The fourth-order valence-corrected chi connectivity index (χ4v) is 2.60. The summed E-state index contributed by atoms with van der Waals surface area (Å²) in [6.45, 7) is 4.38. The zero-order chi connectivity index (χ0) is 11.8. The van der Waals surface area contributed by atoms with Crippen LogP contribution in [-0.4, -0.2) is 35.0 Å². The molecule has 1 unspecified atom stereocenters. The summed E-state index contributed by atoms with van der Waals surface area (Å²) in [6, 6.07) is 3.67. The Kier molecular flexibility index (Phi) is 2.82. The number of aryl methyl sites for hydroxylation is 2. The molecule has 1 aromatic heterocycles. The van der Waals surface area contributed by atoms with Crippen LogP contribution in [0.25, 0.3) is 0 Å². The lowest BCUT2D eigenvalue weighted by atomic mass is 10.1. The van der Waals surface area contributed by atoms with Crippen molar-refractivity contribution < 1.29 is 0 Å². The highest BCUT2D eigenvalue weighted by Crippen LogP contribution is 2.24. The van der Waals surface area contributed by atoms with Crippen molar-refractivity contribution in [3.05, 3.63) is 11.8 Å². The molecule has 2 fully saturated rings. The van der Waals surface area contributed by atoms with Gasteiger partial charge in [0.05, 0.1) is 0 Å². The predicted octanol–water partition coefficient (Wildman–Crippen LogP) is 1.45. The minimum Gasteiger partial charge on any atom is -0.354 e. The highest BCUT2D eigenvalue weighted by molar-refractivity contribution is 5.40. The molecule has 1 saturated carbocycles. The zero-order valence-corrected chi connectivity index (χ0v) is 10.8. The summed E-state index contributed by atoms with van der Waals surface area (Å²) in [4.78, 5) is 2.43. The first kappa shape index (κ1) is 11.1. The van der Waals surface area contributed by atoms with Crippen LogP contribution >= 0.6 is 0 Å². The Morgan fingerprint density at radius 1 is 1.29 bits per heavy atom. The number of nitrogens with one attached hydrogen (secondary N) is 1. The van der Waals surface area contributed by atoms with E-state index in [0.717, 1.165) is 24.9 Å². The molecule has 94 valence electrons. The summed E-state index contributed by atoms with van der Waals surface area (Å²) in [7, 11) is 2.02. The molecule has 1 aromatic rings. The van der Waals surface area contributed by atoms with Crippen molar-refractivity contribution in [3.8, 4) is 0 Å². The number of hydrogen-bond donors (Lipinski definition) is 1. The third kappa shape index (κ3) is 2.46. The molecule has 1 atom stereocenters. The van der Waals surface area contributed by atoms with Crippen molar-refractivity contribution in [3.63, 3.8) is 0 Å². The first-order chi connectivity index (χ1) is 8.22. The standard InChI is InChI=1S/C13H22N4/c1-10-8-13(15-16(10)2)17-7-3-4-12(9-17)14-11-5-6-11/h8,11-12,14H,3-7,9H2,1-2H3. The molecule has 1 aliphatic carbocycles. The zero-order valence-electron chi connectivity index (χ0n) is 10.8. The molecule has 1 saturated heterocycles. The monoisotopic (exact) mass is 234 g/mol. The molecule has 17 heavy (non-hydrogen) atoms. The molecule has 0 amide bonds. The minimum atomic E-state index is 0.665. The topological polar surface area (TPSA) is 33.1 Å². The van der Waals surface area contributed by atoms with Gasteiger partial charge < -0.3 is 10.2 Å². The highest BCUT2D eigenvalue weighted by atomic mass is 15.3. The van der Waals surface area contributed by atoms with E-state index >= 15 is 0 Å². The van der Waals surface area contributed by atoms with Crippen molar-refractivity contribution in [2.24, 2.45) is 7.05 Å². The van der Waals surface area contributed by atoms with Gasteiger partial charge in [-0.1, -0.05) is 0 Å². The number of hydrogen-bond acceptors (Lipinski definition) is 3. The van der Waals surface area contributed by atoms with Gasteiger partial charge in [-0.3, -0.25) is 4.68 Å². The van der Waals surface area contributed by atoms with Gasteiger partial charge in [-0.15, -0.1) is 0 Å². The SMILES string of the molecule is Cc1cc(N2CCCC(NC3CC3)C2)nn1C. The summed E-state index contributed by atoms with van der Waals surface area (Å²) in [5.74, 6) is 1.15. The molecular weight excluding hydrogens is 212 g/mol. The first-order valence-electron chi connectivity index (χ1n) is 6.74. The number of piperidine rings is 1. The number of rotatable bonds is 3. The Hall–Kier alpha value is -1.03. The van der Waals surface area contributed by atoms with E-state index < -0.39 is 0 Å². The van der Waals surface area contributed by atoms with Gasteiger partial charge in [0.1, 0.15) is 0 Å². The number of aromatic nitrogens is 2. The van der Waals surface area contributed by atoms with Gasteiger partial charge in [0.2, 0.25) is 0 Å². The summed E-state index contributed by atoms with van der Waals surface area (Å²) >= 11 is 0. The van der Waals surface area contributed by atoms with Crippen LogP contribution in [0.1, 0.15) is 31.4 Å². The van der Waals surface area contributed by atoms with Gasteiger partial charge in [-0.05, 0) is 32.6 Å². The second kappa shape index (κ2) is 4.33. The second-order valence-electron chi connectivity index (χ2n) is 5.49. The van der Waals surface area contributed by atoms with Gasteiger partial charge in [0.15, 0.2) is 5.82 Å². The van der Waals surface area contributed by atoms with Crippen molar-refractivity contribution in [1.82, 2.24) is 15.1 Å². The van der Waals surface area contributed by atoms with Crippen molar-refractivity contribution >= 4 is 5.82 Å². The Morgan fingerprint density at radius 3 is 2.76 bits per heavy atom. The second-order valence-corrected chi connectivity index (χ2v) is 5.49. The van der Waals surface area contributed by atoms with E-state index in [1.54, 1.807) is 0 Å². The van der Waals surface area contributed by atoms with Crippen LogP contribution in [0.4, 0.5) is 5.82 Å². The van der Waals surface area contributed by atoms with E-state index in [-0.39, 0.29) is 0 Å². The molecule has 0 spiro atoms. The Bertz CT molecular complexity index is 375. The van der Waals surface area contributed by atoms with Gasteiger partial charge in [-0.2, -0.15) is 5.10 Å². The van der Waals surface area contributed by atoms with Crippen molar-refractivity contribution in [1.29, 1.82) is 0 Å². The predicted molar refractivity (Wildman–Crippen MR) is 69.3 cm³/mol. The maximum absolute atomic E-state index is 4.58. The Labute approximate surface area is 103 Å². The fourth-order valence-electron chi connectivity index (χ4n) is 2.60. The van der Waals surface area contributed by atoms with E-state index in [2.05, 4.69) is 28.3 Å². The molecule has 4 nitrogen and oxygen atoms in total. The van der Waals surface area contributed by atoms with Gasteiger partial charge >= 0.3 is 0 Å². The molecule has 0 bridgehead atoms. The first-order valence-corrected chi connectivity index (χ1v) is 6.74. The van der Waals surface area contributed by atoms with Crippen LogP contribution in [0.15, 0.2) is 6.07 Å². The van der Waals surface area contributed by atoms with Crippen LogP contribution < -0.4 is 10.2 Å². The number of nitrogens with zero attached hydrogens (tertiary/aromatic N) is 3. The molecule has 1 aliphatic heterocycles. The van der Waals surface area contributed by atoms with Crippen LogP contribution in [-0.2, 0) is 7.05 Å². The molecule has 2 aliphatic rings. The van der Waals surface area contributed by atoms with Crippen molar-refractivity contribution in [2.75, 3.05) is 18.0 Å². The molecule has 4 heteroatoms. The van der Waals surface area contributed by atoms with Crippen molar-refractivity contribution in [2.45, 2.75) is 44.7 Å². The van der Waals surface area contributed by atoms with E-state index in [1.165, 1.54) is 31.4 Å². The largest absolute Gasteiger partial charge is 0.354 e. The summed E-state index contributed by atoms with van der Waals surface area (Å²) in [5.41, 5.74) is 1.23. The third-order valence-corrected chi connectivity index (χ3v) is 3.90. The average molecular weight is 234 g/mol. The Morgan fingerprint density at radius 2 is 2.12 bits per heavy atom. The lowest BCUT2D eigenvalue weighted by Crippen LogP contribution is -2.46. The summed E-state index contributed by atoms with van der Waals surface area (Å²) in [6.07, 6.45) is 5.34. The smallest absolute Gasteiger partial charge is 0.150 e. The molecule has 1 N–H and O–H groups in total. The Balaban J connectivity index is 1.65. The summed E-state index contributed by atoms with van der Waals surface area (Å²) in [5, 5.41) is 8.32. The van der Waals surface area contributed by atoms with Crippen LogP contribution in [0.5, 0.6) is 0 Å². The average Bonchev–Trinajstić information content (AvgIpc) is 3.06. The maximum atomic E-state index is 4.58. The van der Waals surface area contributed by atoms with Gasteiger partial charge in [-0.25, -0.2) is 0 Å². The molecule has 3 rings (SSSR count). The van der Waals surface area contributed by atoms with Crippen LogP contribution in [0, 0.1) is 6.92 Å². The lowest BCUT2D eigenvalue weighted by molar-refractivity contribution is 0.418. The third-order valence-electron chi connectivity index (χ3n) is 3.90. The fraction of sp³-hybridized carbons (Fsp3) is 0.769. The van der Waals surface area contributed by atoms with Crippen LogP contribution in [0.3, 0.4) is 0 Å². The molecular formula is C13H22N4. The lowest BCUT2D eigenvalue weighted by Gasteiger charge is -2.33. The van der Waals surface area contributed by atoms with Gasteiger partial charge in [0.25, 0.3) is 0 Å². The minimum absolute atomic E-state index is 0.665. The quantitative estimate of drug-likeness (QED) is 0.859. The maximum Gasteiger partial charge on any atom is 0.150 e. The van der Waals surface area contributed by atoms with Gasteiger partial charge in [0, 0.05) is 44.0 Å². The molecule has 0 aromatic carbocycles. The van der Waals surface area contributed by atoms with E-state index in [0.29, 0.717) is 6.04 Å². The molecule has 0 radical (unpaired) electrons. The number of anilines is 1. The van der Waals surface area contributed by atoms with E-state index in [9.17, 15) is 0 Å². The normalized spacial score (nSPS) is 25.3. The van der Waals surface area contributed by atoms with Crippen LogP contribution in [0.2, 0.25) is 0 Å². The molecule has 2 heterocycles.